The highest BCUT2D eigenvalue weighted by atomic mass is 16.5. The van der Waals surface area contributed by atoms with Gasteiger partial charge in [0.15, 0.2) is 0 Å². The molecule has 4 rings (SSSR count). The summed E-state index contributed by atoms with van der Waals surface area (Å²) in [5.41, 5.74) is 3.12. The highest BCUT2D eigenvalue weighted by Crippen LogP contribution is 2.28. The summed E-state index contributed by atoms with van der Waals surface area (Å²) in [5.74, 6) is 0.878. The fourth-order valence-corrected chi connectivity index (χ4v) is 3.92. The molecule has 2 atom stereocenters. The van der Waals surface area contributed by atoms with E-state index in [1.807, 2.05) is 77.7 Å². The number of rotatable bonds is 7. The molecule has 1 saturated heterocycles. The van der Waals surface area contributed by atoms with Crippen LogP contribution in [0.2, 0.25) is 0 Å². The second kappa shape index (κ2) is 10.2. The molecule has 1 N–H and O–H groups in total. The molecule has 1 fully saturated rings. The smallest absolute Gasteiger partial charge is 0.244 e. The van der Waals surface area contributed by atoms with Gasteiger partial charge in [0.25, 0.3) is 0 Å². The average molecular weight is 417 g/mol. The van der Waals surface area contributed by atoms with Gasteiger partial charge in [0.05, 0.1) is 26.4 Å². The number of carbonyl (C=O) groups excluding carboxylic acids is 1. The minimum Gasteiger partial charge on any atom is -0.497 e. The first-order valence-corrected chi connectivity index (χ1v) is 10.6. The van der Waals surface area contributed by atoms with E-state index in [0.29, 0.717) is 26.3 Å². The topological polar surface area (TPSA) is 50.8 Å². The SMILES string of the molecule is COc1ccc([C@H](N[C@@H](C(=O)N2CCOCC2)c2ccccc2)c2ccccc2)cc1. The molecule has 0 spiro atoms. The molecular weight excluding hydrogens is 388 g/mol. The van der Waals surface area contributed by atoms with E-state index in [4.69, 9.17) is 9.47 Å². The van der Waals surface area contributed by atoms with E-state index < -0.39 is 6.04 Å². The van der Waals surface area contributed by atoms with Gasteiger partial charge in [0.2, 0.25) is 5.91 Å². The van der Waals surface area contributed by atoms with Gasteiger partial charge in [-0.15, -0.1) is 0 Å². The van der Waals surface area contributed by atoms with Crippen molar-refractivity contribution in [2.75, 3.05) is 33.4 Å². The average Bonchev–Trinajstić information content (AvgIpc) is 2.86. The standard InChI is InChI=1S/C26H28N2O3/c1-30-23-14-12-22(13-15-23)24(20-8-4-2-5-9-20)27-25(21-10-6-3-7-11-21)26(29)28-16-18-31-19-17-28/h2-15,24-25,27H,16-19H2,1H3/t24-,25-/m1/s1. The minimum atomic E-state index is -0.466. The lowest BCUT2D eigenvalue weighted by Gasteiger charge is -2.33. The normalized spacial score (nSPS) is 15.8. The summed E-state index contributed by atoms with van der Waals surface area (Å²) in [7, 11) is 1.66. The zero-order chi connectivity index (χ0) is 21.5. The second-order valence-electron chi connectivity index (χ2n) is 7.56. The number of hydrogen-bond donors (Lipinski definition) is 1. The summed E-state index contributed by atoms with van der Waals surface area (Å²) in [6.45, 7) is 2.38. The molecule has 0 aliphatic carbocycles. The van der Waals surface area contributed by atoms with Gasteiger partial charge in [-0.2, -0.15) is 0 Å². The van der Waals surface area contributed by atoms with Crippen molar-refractivity contribution in [2.24, 2.45) is 0 Å². The van der Waals surface area contributed by atoms with Gasteiger partial charge in [-0.3, -0.25) is 10.1 Å². The van der Waals surface area contributed by atoms with Crippen LogP contribution in [0.15, 0.2) is 84.9 Å². The fraction of sp³-hybridized carbons (Fsp3) is 0.269. The first-order chi connectivity index (χ1) is 15.3. The van der Waals surface area contributed by atoms with Crippen LogP contribution in [0.5, 0.6) is 5.75 Å². The van der Waals surface area contributed by atoms with Gasteiger partial charge in [-0.25, -0.2) is 0 Å². The molecule has 1 heterocycles. The van der Waals surface area contributed by atoms with Crippen molar-refractivity contribution in [2.45, 2.75) is 12.1 Å². The number of morpholine rings is 1. The summed E-state index contributed by atoms with van der Waals surface area (Å²) in [4.78, 5) is 15.5. The molecule has 0 bridgehead atoms. The zero-order valence-electron chi connectivity index (χ0n) is 17.7. The summed E-state index contributed by atoms with van der Waals surface area (Å²) < 4.78 is 10.8. The number of nitrogens with one attached hydrogen (secondary N) is 1. The third-order valence-corrected chi connectivity index (χ3v) is 5.62. The van der Waals surface area contributed by atoms with Crippen molar-refractivity contribution in [3.8, 4) is 5.75 Å². The molecule has 160 valence electrons. The molecular formula is C26H28N2O3. The van der Waals surface area contributed by atoms with E-state index in [0.717, 1.165) is 22.4 Å². The third-order valence-electron chi connectivity index (χ3n) is 5.62. The van der Waals surface area contributed by atoms with Gasteiger partial charge < -0.3 is 14.4 Å². The van der Waals surface area contributed by atoms with Crippen LogP contribution in [0.4, 0.5) is 0 Å². The van der Waals surface area contributed by atoms with Crippen molar-refractivity contribution in [1.29, 1.82) is 0 Å². The highest BCUT2D eigenvalue weighted by molar-refractivity contribution is 5.83. The highest BCUT2D eigenvalue weighted by Gasteiger charge is 2.30. The Morgan fingerprint density at radius 2 is 1.39 bits per heavy atom. The molecule has 5 heteroatoms. The first-order valence-electron chi connectivity index (χ1n) is 10.6. The van der Waals surface area contributed by atoms with Crippen LogP contribution < -0.4 is 10.1 Å². The summed E-state index contributed by atoms with van der Waals surface area (Å²) in [6, 6.07) is 27.5. The van der Waals surface area contributed by atoms with Crippen LogP contribution in [-0.2, 0) is 9.53 Å². The van der Waals surface area contributed by atoms with Gasteiger partial charge in [-0.1, -0.05) is 72.8 Å². The molecule has 1 aliphatic rings. The van der Waals surface area contributed by atoms with Crippen LogP contribution in [0.25, 0.3) is 0 Å². The lowest BCUT2D eigenvalue weighted by molar-refractivity contribution is -0.137. The van der Waals surface area contributed by atoms with Crippen LogP contribution >= 0.6 is 0 Å². The Labute approximate surface area is 183 Å². The van der Waals surface area contributed by atoms with Gasteiger partial charge in [-0.05, 0) is 28.8 Å². The summed E-state index contributed by atoms with van der Waals surface area (Å²) in [5, 5.41) is 3.66. The number of benzene rings is 3. The quantitative estimate of drug-likeness (QED) is 0.633. The van der Waals surface area contributed by atoms with Crippen LogP contribution in [0, 0.1) is 0 Å². The van der Waals surface area contributed by atoms with E-state index in [-0.39, 0.29) is 11.9 Å². The summed E-state index contributed by atoms with van der Waals surface area (Å²) in [6.07, 6.45) is 0. The maximum absolute atomic E-state index is 13.6. The van der Waals surface area contributed by atoms with Gasteiger partial charge in [0, 0.05) is 13.1 Å². The Kier molecular flexibility index (Phi) is 6.97. The van der Waals surface area contributed by atoms with Crippen LogP contribution in [0.1, 0.15) is 28.8 Å². The zero-order valence-corrected chi connectivity index (χ0v) is 17.7. The maximum Gasteiger partial charge on any atom is 0.244 e. The molecule has 3 aromatic rings. The molecule has 31 heavy (non-hydrogen) atoms. The number of nitrogens with zero attached hydrogens (tertiary/aromatic N) is 1. The molecule has 5 nitrogen and oxygen atoms in total. The number of hydrogen-bond acceptors (Lipinski definition) is 4. The number of amides is 1. The van der Waals surface area contributed by atoms with Crippen molar-refractivity contribution in [1.82, 2.24) is 10.2 Å². The Balaban J connectivity index is 1.70. The molecule has 1 amide bonds. The fourth-order valence-electron chi connectivity index (χ4n) is 3.92. The monoisotopic (exact) mass is 416 g/mol. The predicted molar refractivity (Wildman–Crippen MR) is 121 cm³/mol. The molecule has 1 aliphatic heterocycles. The van der Waals surface area contributed by atoms with E-state index >= 15 is 0 Å². The largest absolute Gasteiger partial charge is 0.497 e. The number of carbonyl (C=O) groups is 1. The van der Waals surface area contributed by atoms with Crippen molar-refractivity contribution < 1.29 is 14.3 Å². The lowest BCUT2D eigenvalue weighted by Crippen LogP contribution is -2.47. The van der Waals surface area contributed by atoms with Gasteiger partial charge >= 0.3 is 0 Å². The lowest BCUT2D eigenvalue weighted by atomic mass is 9.95. The predicted octanol–water partition coefficient (Wildman–Crippen LogP) is 3.97. The van der Waals surface area contributed by atoms with Crippen molar-refractivity contribution in [3.63, 3.8) is 0 Å². The molecule has 3 aromatic carbocycles. The third kappa shape index (κ3) is 5.13. The number of methoxy groups -OCH3 is 1. The Morgan fingerprint density at radius 3 is 1.97 bits per heavy atom. The van der Waals surface area contributed by atoms with Crippen LogP contribution in [0.3, 0.4) is 0 Å². The second-order valence-corrected chi connectivity index (χ2v) is 7.56. The molecule has 0 radical (unpaired) electrons. The Morgan fingerprint density at radius 1 is 0.839 bits per heavy atom. The van der Waals surface area contributed by atoms with E-state index in [1.165, 1.54) is 0 Å². The van der Waals surface area contributed by atoms with E-state index in [9.17, 15) is 4.79 Å². The Hall–Kier alpha value is -3.15. The van der Waals surface area contributed by atoms with Crippen molar-refractivity contribution in [3.05, 3.63) is 102 Å². The molecule has 0 saturated carbocycles. The Bertz CT molecular complexity index is 955. The molecule has 0 aromatic heterocycles. The summed E-state index contributed by atoms with van der Waals surface area (Å²) >= 11 is 0. The minimum absolute atomic E-state index is 0.0731. The number of ether oxygens (including phenoxy) is 2. The van der Waals surface area contributed by atoms with Gasteiger partial charge in [0.1, 0.15) is 11.8 Å². The van der Waals surface area contributed by atoms with Crippen molar-refractivity contribution >= 4 is 5.91 Å². The van der Waals surface area contributed by atoms with E-state index in [2.05, 4.69) is 17.4 Å². The van der Waals surface area contributed by atoms with Crippen LogP contribution in [-0.4, -0.2) is 44.2 Å². The first kappa shape index (κ1) is 21.1. The maximum atomic E-state index is 13.6. The van der Waals surface area contributed by atoms with E-state index in [1.54, 1.807) is 7.11 Å². The molecule has 0 unspecified atom stereocenters.